The summed E-state index contributed by atoms with van der Waals surface area (Å²) in [6.07, 6.45) is 5.34. The van der Waals surface area contributed by atoms with Crippen LogP contribution in [0.15, 0.2) is 48.5 Å². The van der Waals surface area contributed by atoms with Crippen LogP contribution in [0.4, 0.5) is 11.4 Å². The minimum absolute atomic E-state index is 0.740. The van der Waals surface area contributed by atoms with Crippen molar-refractivity contribution in [2.24, 2.45) is 5.73 Å². The molecule has 0 spiro atoms. The van der Waals surface area contributed by atoms with Crippen molar-refractivity contribution in [1.82, 2.24) is 0 Å². The molecule has 0 unspecified atom stereocenters. The van der Waals surface area contributed by atoms with Crippen LogP contribution >= 0.6 is 0 Å². The average molecular weight is 323 g/mol. The summed E-state index contributed by atoms with van der Waals surface area (Å²) in [6, 6.07) is 17.3. The highest BCUT2D eigenvalue weighted by Gasteiger charge is 2.02. The molecule has 24 heavy (non-hydrogen) atoms. The first-order valence-corrected chi connectivity index (χ1v) is 8.64. The standard InChI is InChI=1S/C21H29N3/c1-4-24(17-5-16-22)21-14-10-19(11-15-21)7-6-18-8-12-20(13-9-18)23(2)3/h6-15H,4-5,16-17,22H2,1-3H3. The number of nitrogens with zero attached hydrogens (tertiary/aromatic N) is 2. The van der Waals surface area contributed by atoms with Crippen LogP contribution < -0.4 is 15.5 Å². The van der Waals surface area contributed by atoms with Gasteiger partial charge in [0.05, 0.1) is 0 Å². The molecular formula is C21H29N3. The van der Waals surface area contributed by atoms with Gasteiger partial charge in [-0.1, -0.05) is 36.4 Å². The topological polar surface area (TPSA) is 32.5 Å². The summed E-state index contributed by atoms with van der Waals surface area (Å²) in [5, 5.41) is 0. The van der Waals surface area contributed by atoms with E-state index in [0.29, 0.717) is 0 Å². The second-order valence-corrected chi connectivity index (χ2v) is 6.13. The van der Waals surface area contributed by atoms with Crippen molar-refractivity contribution < 1.29 is 0 Å². The third-order valence-electron chi connectivity index (χ3n) is 4.15. The van der Waals surface area contributed by atoms with Crippen LogP contribution in [-0.4, -0.2) is 33.7 Å². The van der Waals surface area contributed by atoms with Crippen LogP contribution in [0.3, 0.4) is 0 Å². The van der Waals surface area contributed by atoms with Crippen LogP contribution in [0.1, 0.15) is 24.5 Å². The van der Waals surface area contributed by atoms with E-state index in [0.717, 1.165) is 26.1 Å². The smallest absolute Gasteiger partial charge is 0.0366 e. The summed E-state index contributed by atoms with van der Waals surface area (Å²) >= 11 is 0. The van der Waals surface area contributed by atoms with E-state index in [9.17, 15) is 0 Å². The molecule has 0 aliphatic carbocycles. The first-order valence-electron chi connectivity index (χ1n) is 8.64. The van der Waals surface area contributed by atoms with E-state index >= 15 is 0 Å². The predicted molar refractivity (Wildman–Crippen MR) is 108 cm³/mol. The molecule has 2 aromatic rings. The van der Waals surface area contributed by atoms with Crippen LogP contribution in [0.2, 0.25) is 0 Å². The van der Waals surface area contributed by atoms with Crippen molar-refractivity contribution in [3.63, 3.8) is 0 Å². The molecule has 0 saturated heterocycles. The molecule has 0 aromatic heterocycles. The van der Waals surface area contributed by atoms with E-state index in [-0.39, 0.29) is 0 Å². The molecule has 2 N–H and O–H groups in total. The Balaban J connectivity index is 2.02. The average Bonchev–Trinajstić information content (AvgIpc) is 2.62. The second kappa shape index (κ2) is 9.14. The zero-order valence-electron chi connectivity index (χ0n) is 15.1. The Morgan fingerprint density at radius 3 is 1.75 bits per heavy atom. The maximum atomic E-state index is 5.62. The molecule has 3 nitrogen and oxygen atoms in total. The SMILES string of the molecule is CCN(CCCN)c1ccc(C=Cc2ccc(N(C)C)cc2)cc1. The fraction of sp³-hybridized carbons (Fsp3) is 0.333. The largest absolute Gasteiger partial charge is 0.378 e. The first-order chi connectivity index (χ1) is 11.6. The highest BCUT2D eigenvalue weighted by atomic mass is 15.1. The minimum Gasteiger partial charge on any atom is -0.378 e. The molecule has 0 bridgehead atoms. The van der Waals surface area contributed by atoms with Gasteiger partial charge in [-0.25, -0.2) is 0 Å². The summed E-state index contributed by atoms with van der Waals surface area (Å²) in [6.45, 7) is 4.94. The van der Waals surface area contributed by atoms with E-state index < -0.39 is 0 Å². The normalized spacial score (nSPS) is 11.0. The van der Waals surface area contributed by atoms with Crippen molar-refractivity contribution in [2.75, 3.05) is 43.5 Å². The van der Waals surface area contributed by atoms with E-state index in [4.69, 9.17) is 5.73 Å². The van der Waals surface area contributed by atoms with Gasteiger partial charge in [0.25, 0.3) is 0 Å². The third-order valence-corrected chi connectivity index (χ3v) is 4.15. The second-order valence-electron chi connectivity index (χ2n) is 6.13. The Bertz CT molecular complexity index is 627. The van der Waals surface area contributed by atoms with Gasteiger partial charge in [0.2, 0.25) is 0 Å². The molecule has 2 aromatic carbocycles. The molecule has 0 radical (unpaired) electrons. The Morgan fingerprint density at radius 1 is 0.833 bits per heavy atom. The lowest BCUT2D eigenvalue weighted by Gasteiger charge is -2.22. The zero-order chi connectivity index (χ0) is 17.4. The molecule has 0 fully saturated rings. The van der Waals surface area contributed by atoms with Gasteiger partial charge in [-0.15, -0.1) is 0 Å². The Kier molecular flexibility index (Phi) is 6.89. The molecule has 0 amide bonds. The number of rotatable bonds is 8. The predicted octanol–water partition coefficient (Wildman–Crippen LogP) is 4.10. The number of anilines is 2. The summed E-state index contributed by atoms with van der Waals surface area (Å²) in [5.41, 5.74) is 10.5. The van der Waals surface area contributed by atoms with Gasteiger partial charge in [-0.3, -0.25) is 0 Å². The van der Waals surface area contributed by atoms with Crippen molar-refractivity contribution >= 4 is 23.5 Å². The molecule has 2 rings (SSSR count). The Hall–Kier alpha value is -2.26. The summed E-state index contributed by atoms with van der Waals surface area (Å²) in [4.78, 5) is 4.47. The fourth-order valence-electron chi connectivity index (χ4n) is 2.62. The number of hydrogen-bond donors (Lipinski definition) is 1. The molecule has 0 aliphatic rings. The van der Waals surface area contributed by atoms with E-state index in [1.165, 1.54) is 22.5 Å². The van der Waals surface area contributed by atoms with Crippen LogP contribution in [0.5, 0.6) is 0 Å². The van der Waals surface area contributed by atoms with Crippen molar-refractivity contribution in [3.05, 3.63) is 59.7 Å². The minimum atomic E-state index is 0.740. The lowest BCUT2D eigenvalue weighted by Crippen LogP contribution is -2.25. The molecule has 3 heteroatoms. The van der Waals surface area contributed by atoms with Gasteiger partial charge in [-0.2, -0.15) is 0 Å². The van der Waals surface area contributed by atoms with E-state index in [1.807, 2.05) is 0 Å². The van der Waals surface area contributed by atoms with Gasteiger partial charge >= 0.3 is 0 Å². The Morgan fingerprint density at radius 2 is 1.33 bits per heavy atom. The number of benzene rings is 2. The summed E-state index contributed by atoms with van der Waals surface area (Å²) in [7, 11) is 4.11. The van der Waals surface area contributed by atoms with Crippen LogP contribution in [-0.2, 0) is 0 Å². The number of nitrogens with two attached hydrogens (primary N) is 1. The molecule has 0 aliphatic heterocycles. The lowest BCUT2D eigenvalue weighted by atomic mass is 10.1. The van der Waals surface area contributed by atoms with Crippen molar-refractivity contribution in [2.45, 2.75) is 13.3 Å². The lowest BCUT2D eigenvalue weighted by molar-refractivity contribution is 0.754. The van der Waals surface area contributed by atoms with Gasteiger partial charge in [-0.05, 0) is 55.3 Å². The van der Waals surface area contributed by atoms with Gasteiger partial charge < -0.3 is 15.5 Å². The maximum absolute atomic E-state index is 5.62. The quantitative estimate of drug-likeness (QED) is 0.742. The molecule has 128 valence electrons. The van der Waals surface area contributed by atoms with Gasteiger partial charge in [0, 0.05) is 38.6 Å². The van der Waals surface area contributed by atoms with E-state index in [2.05, 4.69) is 91.5 Å². The third kappa shape index (κ3) is 5.14. The summed E-state index contributed by atoms with van der Waals surface area (Å²) < 4.78 is 0. The molecule has 0 saturated carbocycles. The van der Waals surface area contributed by atoms with Crippen LogP contribution in [0, 0.1) is 0 Å². The number of hydrogen-bond acceptors (Lipinski definition) is 3. The monoisotopic (exact) mass is 323 g/mol. The highest BCUT2D eigenvalue weighted by Crippen LogP contribution is 2.18. The van der Waals surface area contributed by atoms with Crippen molar-refractivity contribution in [1.29, 1.82) is 0 Å². The molecule has 0 atom stereocenters. The summed E-state index contributed by atoms with van der Waals surface area (Å²) in [5.74, 6) is 0. The van der Waals surface area contributed by atoms with Crippen molar-refractivity contribution in [3.8, 4) is 0 Å². The van der Waals surface area contributed by atoms with E-state index in [1.54, 1.807) is 0 Å². The van der Waals surface area contributed by atoms with Gasteiger partial charge in [0.1, 0.15) is 0 Å². The maximum Gasteiger partial charge on any atom is 0.0366 e. The zero-order valence-corrected chi connectivity index (χ0v) is 15.1. The Labute approximate surface area is 146 Å². The van der Waals surface area contributed by atoms with Gasteiger partial charge in [0.15, 0.2) is 0 Å². The highest BCUT2D eigenvalue weighted by molar-refractivity contribution is 5.71. The van der Waals surface area contributed by atoms with Crippen LogP contribution in [0.25, 0.3) is 12.2 Å². The first kappa shape index (κ1) is 18.1. The molecule has 0 heterocycles. The molecular weight excluding hydrogens is 294 g/mol. The fourth-order valence-corrected chi connectivity index (χ4v) is 2.62.